The molecule has 0 unspecified atom stereocenters. The van der Waals surface area contributed by atoms with Gasteiger partial charge in [-0.2, -0.15) is 0 Å². The monoisotopic (exact) mass is 589 g/mol. The van der Waals surface area contributed by atoms with Gasteiger partial charge in [0, 0.05) is 5.56 Å². The summed E-state index contributed by atoms with van der Waals surface area (Å²) in [5.41, 5.74) is 1.91. The van der Waals surface area contributed by atoms with E-state index in [4.69, 9.17) is 13.9 Å². The maximum absolute atomic E-state index is 13.7. The van der Waals surface area contributed by atoms with Crippen molar-refractivity contribution in [2.24, 2.45) is 23.7 Å². The largest absolute Gasteiger partial charge is 0.457 e. The third-order valence-corrected chi connectivity index (χ3v) is 9.03. The van der Waals surface area contributed by atoms with Crippen LogP contribution in [0.5, 0.6) is 5.75 Å². The van der Waals surface area contributed by atoms with E-state index in [1.807, 2.05) is 18.2 Å². The molecule has 3 aliphatic rings. The number of rotatable bonds is 8. The van der Waals surface area contributed by atoms with E-state index in [0.717, 1.165) is 12.8 Å². The van der Waals surface area contributed by atoms with Crippen molar-refractivity contribution in [2.75, 3.05) is 11.5 Å². The van der Waals surface area contributed by atoms with E-state index in [2.05, 4.69) is 12.1 Å². The van der Waals surface area contributed by atoms with Gasteiger partial charge < -0.3 is 13.9 Å². The number of carbonyl (C=O) groups is 5. The summed E-state index contributed by atoms with van der Waals surface area (Å²) in [6, 6.07) is 25.2. The fourth-order valence-electron chi connectivity index (χ4n) is 7.13. The first kappa shape index (κ1) is 27.5. The molecule has 220 valence electrons. The average molecular weight is 590 g/mol. The summed E-state index contributed by atoms with van der Waals surface area (Å²) in [6.45, 7) is -0.523. The zero-order valence-corrected chi connectivity index (χ0v) is 23.5. The number of benzene rings is 3. The Balaban J connectivity index is 0.991. The number of nitrogens with zero attached hydrogens (tertiary/aromatic N) is 1. The summed E-state index contributed by atoms with van der Waals surface area (Å²) >= 11 is 0. The van der Waals surface area contributed by atoms with Crippen LogP contribution in [0, 0.1) is 23.7 Å². The first-order valence-electron chi connectivity index (χ1n) is 14.5. The van der Waals surface area contributed by atoms with E-state index in [1.165, 1.54) is 59.2 Å². The van der Waals surface area contributed by atoms with Crippen molar-refractivity contribution in [2.45, 2.75) is 18.8 Å². The summed E-state index contributed by atoms with van der Waals surface area (Å²) in [7, 11) is 0. The van der Waals surface area contributed by atoms with Crippen molar-refractivity contribution in [1.29, 1.82) is 0 Å². The molecule has 5 atom stereocenters. The van der Waals surface area contributed by atoms with Crippen molar-refractivity contribution < 1.29 is 37.9 Å². The second kappa shape index (κ2) is 11.1. The summed E-state index contributed by atoms with van der Waals surface area (Å²) in [5.74, 6) is -2.21. The van der Waals surface area contributed by atoms with E-state index in [1.54, 1.807) is 18.2 Å². The standard InChI is InChI=1S/C35H27NO8/c37-28(21-11-13-25(14-12-21)44-35(41)29-10-5-15-42-29)19-43-34(40)22-8-4-9-24(16-22)36-32(38)30-23-17-26(20-6-2-1-3-7-20)27(18-23)31(30)33(36)39/h1-16,23,26-27,30-31H,17-19H2/t23-,26-,27+,30+,31-/m0/s1. The Kier molecular flexibility index (Phi) is 6.93. The molecule has 4 aromatic rings. The first-order chi connectivity index (χ1) is 21.4. The third kappa shape index (κ3) is 4.80. The molecule has 3 aromatic carbocycles. The number of hydrogen-bond donors (Lipinski definition) is 0. The Bertz CT molecular complexity index is 1760. The van der Waals surface area contributed by atoms with Crippen LogP contribution in [0.3, 0.4) is 0 Å². The van der Waals surface area contributed by atoms with E-state index >= 15 is 0 Å². The van der Waals surface area contributed by atoms with Crippen LogP contribution in [0.15, 0.2) is 102 Å². The predicted octanol–water partition coefficient (Wildman–Crippen LogP) is 5.47. The molecule has 9 nitrogen and oxygen atoms in total. The van der Waals surface area contributed by atoms with Gasteiger partial charge in [0.2, 0.25) is 17.6 Å². The second-order valence-corrected chi connectivity index (χ2v) is 11.4. The maximum atomic E-state index is 13.7. The molecule has 2 bridgehead atoms. The molecule has 0 spiro atoms. The molecule has 44 heavy (non-hydrogen) atoms. The zero-order valence-electron chi connectivity index (χ0n) is 23.5. The summed E-state index contributed by atoms with van der Waals surface area (Å²) in [5, 5.41) is 0. The number of amides is 2. The van der Waals surface area contributed by atoms with Gasteiger partial charge in [0.05, 0.1) is 29.3 Å². The van der Waals surface area contributed by atoms with Crippen molar-refractivity contribution in [3.63, 3.8) is 0 Å². The first-order valence-corrected chi connectivity index (χ1v) is 14.5. The lowest BCUT2D eigenvalue weighted by molar-refractivity contribution is -0.123. The summed E-state index contributed by atoms with van der Waals surface area (Å²) < 4.78 is 15.5. The summed E-state index contributed by atoms with van der Waals surface area (Å²) in [6.07, 6.45) is 3.12. The fraction of sp³-hybridized carbons (Fsp3) is 0.229. The number of ether oxygens (including phenoxy) is 2. The van der Waals surface area contributed by atoms with Gasteiger partial charge in [0.25, 0.3) is 0 Å². The van der Waals surface area contributed by atoms with Crippen LogP contribution in [0.4, 0.5) is 5.69 Å². The number of esters is 2. The van der Waals surface area contributed by atoms with E-state index in [0.29, 0.717) is 5.69 Å². The van der Waals surface area contributed by atoms with Crippen LogP contribution in [0.2, 0.25) is 0 Å². The molecule has 9 heteroatoms. The Labute approximate surface area is 252 Å². The van der Waals surface area contributed by atoms with Crippen molar-refractivity contribution >= 4 is 35.2 Å². The molecule has 0 N–H and O–H groups in total. The number of anilines is 1. The van der Waals surface area contributed by atoms with Crippen LogP contribution >= 0.6 is 0 Å². The van der Waals surface area contributed by atoms with Gasteiger partial charge in [0.1, 0.15) is 5.75 Å². The van der Waals surface area contributed by atoms with Gasteiger partial charge in [-0.15, -0.1) is 0 Å². The molecular weight excluding hydrogens is 562 g/mol. The van der Waals surface area contributed by atoms with Crippen LogP contribution < -0.4 is 9.64 Å². The highest BCUT2D eigenvalue weighted by Crippen LogP contribution is 2.61. The molecule has 3 fully saturated rings. The van der Waals surface area contributed by atoms with Gasteiger partial charge in [-0.05, 0) is 90.8 Å². The van der Waals surface area contributed by atoms with Gasteiger partial charge in [-0.1, -0.05) is 36.4 Å². The highest BCUT2D eigenvalue weighted by molar-refractivity contribution is 6.23. The molecule has 1 aromatic heterocycles. The highest BCUT2D eigenvalue weighted by Gasteiger charge is 2.64. The minimum Gasteiger partial charge on any atom is -0.457 e. The Morgan fingerprint density at radius 1 is 0.773 bits per heavy atom. The van der Waals surface area contributed by atoms with E-state index in [-0.39, 0.29) is 64.0 Å². The lowest BCUT2D eigenvalue weighted by atomic mass is 9.73. The molecule has 2 saturated carbocycles. The summed E-state index contributed by atoms with van der Waals surface area (Å²) in [4.78, 5) is 66.0. The Hall–Kier alpha value is -5.31. The molecule has 2 aliphatic carbocycles. The molecule has 1 aliphatic heterocycles. The van der Waals surface area contributed by atoms with Gasteiger partial charge in [0.15, 0.2) is 12.4 Å². The predicted molar refractivity (Wildman–Crippen MR) is 156 cm³/mol. The SMILES string of the molecule is O=C(COC(=O)c1cccc(N2C(=O)[C@@H]3[C@@H]4C[C@@H]([C@@H]3C2=O)[C@H](c2ccccc2)C4)c1)c1ccc(OC(=O)c2ccco2)cc1. The lowest BCUT2D eigenvalue weighted by Gasteiger charge is -2.28. The normalized spacial score (nSPS) is 23.5. The lowest BCUT2D eigenvalue weighted by Crippen LogP contribution is -2.33. The number of carbonyl (C=O) groups excluding carboxylic acids is 5. The van der Waals surface area contributed by atoms with Gasteiger partial charge in [-0.3, -0.25) is 19.3 Å². The highest BCUT2D eigenvalue weighted by atomic mass is 16.5. The van der Waals surface area contributed by atoms with Crippen LogP contribution in [-0.2, 0) is 14.3 Å². The molecule has 0 radical (unpaired) electrons. The van der Waals surface area contributed by atoms with Crippen molar-refractivity contribution in [1.82, 2.24) is 0 Å². The molecule has 2 heterocycles. The quantitative estimate of drug-likeness (QED) is 0.115. The Morgan fingerprint density at radius 3 is 2.30 bits per heavy atom. The number of fused-ring (bicyclic) bond motifs is 5. The molecule has 1 saturated heterocycles. The number of hydrogen-bond acceptors (Lipinski definition) is 8. The van der Waals surface area contributed by atoms with Gasteiger partial charge in [-0.25, -0.2) is 9.59 Å². The number of imide groups is 1. The molecular formula is C35H27NO8. The van der Waals surface area contributed by atoms with Crippen molar-refractivity contribution in [3.8, 4) is 5.75 Å². The number of Topliss-reactive ketones (excluding diaryl/α,β-unsaturated/α-hetero) is 1. The third-order valence-electron chi connectivity index (χ3n) is 9.03. The van der Waals surface area contributed by atoms with E-state index < -0.39 is 24.3 Å². The smallest absolute Gasteiger partial charge is 0.379 e. The zero-order chi connectivity index (χ0) is 30.4. The minimum absolute atomic E-state index is 0.0475. The van der Waals surface area contributed by atoms with Crippen LogP contribution in [-0.4, -0.2) is 36.1 Å². The van der Waals surface area contributed by atoms with Crippen LogP contribution in [0.25, 0.3) is 0 Å². The Morgan fingerprint density at radius 2 is 1.55 bits per heavy atom. The molecule has 2 amide bonds. The van der Waals surface area contributed by atoms with Crippen molar-refractivity contribution in [3.05, 3.63) is 120 Å². The van der Waals surface area contributed by atoms with Gasteiger partial charge >= 0.3 is 11.9 Å². The average Bonchev–Trinajstić information content (AvgIpc) is 3.85. The number of ketones is 1. The van der Waals surface area contributed by atoms with Crippen LogP contribution in [0.1, 0.15) is 55.6 Å². The molecule has 7 rings (SSSR count). The minimum atomic E-state index is -0.757. The second-order valence-electron chi connectivity index (χ2n) is 11.4. The number of furan rings is 1. The van der Waals surface area contributed by atoms with E-state index in [9.17, 15) is 24.0 Å². The maximum Gasteiger partial charge on any atom is 0.379 e. The topological polar surface area (TPSA) is 120 Å². The fourth-order valence-corrected chi connectivity index (χ4v) is 7.13.